The SMILES string of the molecule is COC(=O)CC1(C(=O)Nc2ccc(-c3ccccc3OC)cc2)CC(c2cccc(C(=N)N)c2)=NO1. The number of nitrogens with two attached hydrogens (primary N) is 1. The molecule has 1 aliphatic heterocycles. The summed E-state index contributed by atoms with van der Waals surface area (Å²) in [5.41, 5.74) is 7.99. The molecule has 0 bridgehead atoms. The van der Waals surface area contributed by atoms with E-state index in [9.17, 15) is 9.59 Å². The number of ether oxygens (including phenoxy) is 2. The predicted molar refractivity (Wildman–Crippen MR) is 136 cm³/mol. The van der Waals surface area contributed by atoms with E-state index in [4.69, 9.17) is 25.5 Å². The molecule has 0 saturated carbocycles. The standard InChI is InChI=1S/C27H26N4O5/c1-34-23-9-4-3-8-21(23)17-10-12-20(13-11-17)30-26(33)27(16-24(32)35-2)15-22(31-36-27)18-6-5-7-19(14-18)25(28)29/h3-14H,15-16H2,1-2H3,(H3,28,29)(H,30,33). The number of hydrogen-bond donors (Lipinski definition) is 3. The first-order valence-corrected chi connectivity index (χ1v) is 11.2. The van der Waals surface area contributed by atoms with Crippen molar-refractivity contribution in [3.8, 4) is 16.9 Å². The number of methoxy groups -OCH3 is 2. The second-order valence-electron chi connectivity index (χ2n) is 8.28. The van der Waals surface area contributed by atoms with Crippen molar-refractivity contribution in [1.82, 2.24) is 0 Å². The van der Waals surface area contributed by atoms with Crippen LogP contribution in [0.15, 0.2) is 78.0 Å². The molecular formula is C27H26N4O5. The number of anilines is 1. The fourth-order valence-corrected chi connectivity index (χ4v) is 3.96. The van der Waals surface area contributed by atoms with Crippen molar-refractivity contribution in [2.24, 2.45) is 10.9 Å². The van der Waals surface area contributed by atoms with Crippen molar-refractivity contribution < 1.29 is 23.9 Å². The molecular weight excluding hydrogens is 460 g/mol. The summed E-state index contributed by atoms with van der Waals surface area (Å²) in [5, 5.41) is 14.6. The number of esters is 1. The Bertz CT molecular complexity index is 1340. The monoisotopic (exact) mass is 486 g/mol. The Morgan fingerprint density at radius 1 is 1.06 bits per heavy atom. The number of amides is 1. The number of hydrogen-bond acceptors (Lipinski definition) is 7. The topological polar surface area (TPSA) is 136 Å². The Morgan fingerprint density at radius 3 is 2.50 bits per heavy atom. The molecule has 0 radical (unpaired) electrons. The summed E-state index contributed by atoms with van der Waals surface area (Å²) >= 11 is 0. The Morgan fingerprint density at radius 2 is 1.81 bits per heavy atom. The summed E-state index contributed by atoms with van der Waals surface area (Å²) in [5.74, 6) is -0.485. The first kappa shape index (κ1) is 24.5. The van der Waals surface area contributed by atoms with Gasteiger partial charge >= 0.3 is 5.97 Å². The van der Waals surface area contributed by atoms with Gasteiger partial charge in [0.1, 0.15) is 11.6 Å². The zero-order chi connectivity index (χ0) is 25.7. The highest BCUT2D eigenvalue weighted by atomic mass is 16.7. The second kappa shape index (κ2) is 10.3. The van der Waals surface area contributed by atoms with Crippen LogP contribution in [0.1, 0.15) is 24.0 Å². The molecule has 0 saturated heterocycles. The Kier molecular flexibility index (Phi) is 7.00. The van der Waals surface area contributed by atoms with Gasteiger partial charge in [0, 0.05) is 28.8 Å². The molecule has 3 aromatic carbocycles. The number of para-hydroxylation sites is 1. The molecule has 0 spiro atoms. The molecule has 36 heavy (non-hydrogen) atoms. The molecule has 9 nitrogen and oxygen atoms in total. The molecule has 1 amide bonds. The van der Waals surface area contributed by atoms with Crippen LogP contribution in [-0.2, 0) is 19.2 Å². The molecule has 1 unspecified atom stereocenters. The number of amidine groups is 1. The van der Waals surface area contributed by atoms with Crippen LogP contribution in [0.4, 0.5) is 5.69 Å². The van der Waals surface area contributed by atoms with Crippen molar-refractivity contribution in [2.45, 2.75) is 18.4 Å². The molecule has 1 heterocycles. The quantitative estimate of drug-likeness (QED) is 0.252. The maximum atomic E-state index is 13.4. The zero-order valence-corrected chi connectivity index (χ0v) is 19.9. The normalized spacial score (nSPS) is 16.4. The van der Waals surface area contributed by atoms with Gasteiger partial charge in [-0.2, -0.15) is 0 Å². The third kappa shape index (κ3) is 5.05. The van der Waals surface area contributed by atoms with Crippen LogP contribution >= 0.6 is 0 Å². The van der Waals surface area contributed by atoms with E-state index in [-0.39, 0.29) is 18.7 Å². The largest absolute Gasteiger partial charge is 0.496 e. The highest BCUT2D eigenvalue weighted by molar-refractivity contribution is 6.10. The van der Waals surface area contributed by atoms with E-state index in [2.05, 4.69) is 10.5 Å². The lowest BCUT2D eigenvalue weighted by Crippen LogP contribution is -2.45. The van der Waals surface area contributed by atoms with Gasteiger partial charge in [-0.15, -0.1) is 0 Å². The van der Waals surface area contributed by atoms with Crippen LogP contribution in [0.25, 0.3) is 11.1 Å². The van der Waals surface area contributed by atoms with Crippen LogP contribution in [0.5, 0.6) is 5.75 Å². The van der Waals surface area contributed by atoms with E-state index in [1.807, 2.05) is 36.4 Å². The first-order valence-electron chi connectivity index (χ1n) is 11.2. The number of nitrogens with one attached hydrogen (secondary N) is 2. The van der Waals surface area contributed by atoms with Gasteiger partial charge in [0.15, 0.2) is 0 Å². The third-order valence-corrected chi connectivity index (χ3v) is 5.92. The highest BCUT2D eigenvalue weighted by Gasteiger charge is 2.49. The number of nitrogens with zero attached hydrogens (tertiary/aromatic N) is 1. The highest BCUT2D eigenvalue weighted by Crippen LogP contribution is 2.34. The van der Waals surface area contributed by atoms with Crippen molar-refractivity contribution in [3.05, 3.63) is 83.9 Å². The Labute approximate surface area is 208 Å². The van der Waals surface area contributed by atoms with Crippen LogP contribution in [0.3, 0.4) is 0 Å². The molecule has 3 aromatic rings. The molecule has 0 aromatic heterocycles. The van der Waals surface area contributed by atoms with Gasteiger partial charge in [0.2, 0.25) is 5.60 Å². The first-order chi connectivity index (χ1) is 17.3. The van der Waals surface area contributed by atoms with Crippen LogP contribution in [-0.4, -0.2) is 43.2 Å². The Hall–Kier alpha value is -4.66. The van der Waals surface area contributed by atoms with E-state index >= 15 is 0 Å². The maximum absolute atomic E-state index is 13.4. The lowest BCUT2D eigenvalue weighted by atomic mass is 9.89. The molecule has 0 aliphatic carbocycles. The minimum atomic E-state index is -1.59. The lowest BCUT2D eigenvalue weighted by Gasteiger charge is -2.24. The summed E-state index contributed by atoms with van der Waals surface area (Å²) in [6.07, 6.45) is -0.289. The van der Waals surface area contributed by atoms with Crippen LogP contribution < -0.4 is 15.8 Å². The fraction of sp³-hybridized carbons (Fsp3) is 0.185. The van der Waals surface area contributed by atoms with Gasteiger partial charge in [-0.25, -0.2) is 0 Å². The van der Waals surface area contributed by atoms with E-state index in [0.29, 0.717) is 22.5 Å². The van der Waals surface area contributed by atoms with E-state index in [1.54, 1.807) is 43.5 Å². The van der Waals surface area contributed by atoms with Crippen LogP contribution in [0.2, 0.25) is 0 Å². The van der Waals surface area contributed by atoms with Gasteiger partial charge < -0.3 is 25.4 Å². The minimum absolute atomic E-state index is 0.0363. The molecule has 9 heteroatoms. The van der Waals surface area contributed by atoms with E-state index in [1.165, 1.54) is 7.11 Å². The second-order valence-corrected chi connectivity index (χ2v) is 8.28. The summed E-state index contributed by atoms with van der Waals surface area (Å²) in [6.45, 7) is 0. The molecule has 4 N–H and O–H groups in total. The smallest absolute Gasteiger partial charge is 0.310 e. The van der Waals surface area contributed by atoms with E-state index in [0.717, 1.165) is 16.9 Å². The van der Waals surface area contributed by atoms with Gasteiger partial charge in [-0.1, -0.05) is 53.7 Å². The summed E-state index contributed by atoms with van der Waals surface area (Å²) < 4.78 is 10.2. The number of carbonyl (C=O) groups is 2. The summed E-state index contributed by atoms with van der Waals surface area (Å²) in [6, 6.07) is 21.8. The number of benzene rings is 3. The van der Waals surface area contributed by atoms with Crippen molar-refractivity contribution >= 4 is 29.1 Å². The van der Waals surface area contributed by atoms with Gasteiger partial charge in [0.25, 0.3) is 5.91 Å². The molecule has 1 atom stereocenters. The molecule has 4 rings (SSSR count). The van der Waals surface area contributed by atoms with Crippen molar-refractivity contribution in [3.63, 3.8) is 0 Å². The average molecular weight is 487 g/mol. The number of nitrogen functional groups attached to an aromatic ring is 1. The fourth-order valence-electron chi connectivity index (χ4n) is 3.96. The van der Waals surface area contributed by atoms with Crippen LogP contribution in [0, 0.1) is 5.41 Å². The van der Waals surface area contributed by atoms with E-state index < -0.39 is 17.5 Å². The Balaban J connectivity index is 1.55. The predicted octanol–water partition coefficient (Wildman–Crippen LogP) is 3.71. The molecule has 184 valence electrons. The zero-order valence-electron chi connectivity index (χ0n) is 19.9. The lowest BCUT2D eigenvalue weighted by molar-refractivity contribution is -0.155. The molecule has 1 aliphatic rings. The molecule has 0 fully saturated rings. The summed E-state index contributed by atoms with van der Waals surface area (Å²) in [7, 11) is 2.86. The maximum Gasteiger partial charge on any atom is 0.310 e. The summed E-state index contributed by atoms with van der Waals surface area (Å²) in [4.78, 5) is 31.2. The number of rotatable bonds is 8. The minimum Gasteiger partial charge on any atom is -0.496 e. The average Bonchev–Trinajstić information content (AvgIpc) is 3.34. The van der Waals surface area contributed by atoms with Crippen molar-refractivity contribution in [1.29, 1.82) is 5.41 Å². The number of oxime groups is 1. The van der Waals surface area contributed by atoms with Gasteiger partial charge in [0.05, 0.1) is 26.4 Å². The number of carbonyl (C=O) groups excluding carboxylic acids is 2. The van der Waals surface area contributed by atoms with Crippen molar-refractivity contribution in [2.75, 3.05) is 19.5 Å². The third-order valence-electron chi connectivity index (χ3n) is 5.92. The van der Waals surface area contributed by atoms with Gasteiger partial charge in [-0.05, 0) is 29.8 Å². The van der Waals surface area contributed by atoms with Gasteiger partial charge in [-0.3, -0.25) is 15.0 Å².